The number of benzene rings is 1. The molecule has 2 atom stereocenters. The number of amides is 3. The Balaban J connectivity index is 1.34. The quantitative estimate of drug-likeness (QED) is 0.524. The SMILES string of the molecule is CCC(C)C1(C(=O)NC2CCCC2)Cn2nc(C(=O)N3CCN(c4cccc(C(F)(F)F)c4)CC3)cc2C(=O)N1CC. The summed E-state index contributed by atoms with van der Waals surface area (Å²) in [5, 5.41) is 7.76. The number of hydrogen-bond acceptors (Lipinski definition) is 5. The second kappa shape index (κ2) is 11.6. The number of rotatable bonds is 7. The first kappa shape index (κ1) is 29.9. The first-order valence-electron chi connectivity index (χ1n) is 14.9. The molecule has 1 aromatic carbocycles. The van der Waals surface area contributed by atoms with E-state index in [9.17, 15) is 27.6 Å². The Bertz CT molecular complexity index is 1330. The molecule has 2 unspecified atom stereocenters. The van der Waals surface area contributed by atoms with E-state index in [4.69, 9.17) is 0 Å². The van der Waals surface area contributed by atoms with Crippen LogP contribution >= 0.6 is 0 Å². The summed E-state index contributed by atoms with van der Waals surface area (Å²) in [5.74, 6) is -0.991. The van der Waals surface area contributed by atoms with Crippen molar-refractivity contribution in [2.75, 3.05) is 37.6 Å². The summed E-state index contributed by atoms with van der Waals surface area (Å²) in [5.41, 5.74) is -0.984. The summed E-state index contributed by atoms with van der Waals surface area (Å²) >= 11 is 0. The molecule has 1 saturated heterocycles. The number of anilines is 1. The molecule has 1 saturated carbocycles. The molecular weight excluding hydrogens is 549 g/mol. The van der Waals surface area contributed by atoms with E-state index in [0.29, 0.717) is 44.8 Å². The highest BCUT2D eigenvalue weighted by Gasteiger charge is 2.54. The zero-order valence-corrected chi connectivity index (χ0v) is 24.4. The Kier molecular flexibility index (Phi) is 8.26. The number of carbonyl (C=O) groups is 3. The maximum atomic E-state index is 13.9. The molecule has 228 valence electrons. The molecule has 5 rings (SSSR count). The molecule has 0 bridgehead atoms. The molecule has 9 nitrogen and oxygen atoms in total. The molecule has 0 spiro atoms. The van der Waals surface area contributed by atoms with E-state index in [-0.39, 0.29) is 47.6 Å². The Hall–Kier alpha value is -3.57. The average molecular weight is 589 g/mol. The second-order valence-electron chi connectivity index (χ2n) is 11.6. The molecular formula is C30H39F3N6O3. The first-order chi connectivity index (χ1) is 20.0. The van der Waals surface area contributed by atoms with Crippen LogP contribution in [0.3, 0.4) is 0 Å². The van der Waals surface area contributed by atoms with Crippen LogP contribution in [-0.2, 0) is 17.5 Å². The monoisotopic (exact) mass is 588 g/mol. The first-order valence-corrected chi connectivity index (χ1v) is 14.9. The van der Waals surface area contributed by atoms with E-state index in [1.54, 1.807) is 15.9 Å². The van der Waals surface area contributed by atoms with Crippen molar-refractivity contribution in [2.24, 2.45) is 5.92 Å². The Labute approximate surface area is 244 Å². The number of alkyl halides is 3. The van der Waals surface area contributed by atoms with Crippen LogP contribution < -0.4 is 10.2 Å². The van der Waals surface area contributed by atoms with Gasteiger partial charge in [-0.2, -0.15) is 18.3 Å². The van der Waals surface area contributed by atoms with Gasteiger partial charge in [-0.15, -0.1) is 0 Å². The van der Waals surface area contributed by atoms with Crippen LogP contribution in [-0.4, -0.2) is 81.6 Å². The van der Waals surface area contributed by atoms with Crippen LogP contribution in [0.1, 0.15) is 79.4 Å². The lowest BCUT2D eigenvalue weighted by atomic mass is 9.78. The predicted octanol–water partition coefficient (Wildman–Crippen LogP) is 4.18. The van der Waals surface area contributed by atoms with Gasteiger partial charge in [-0.05, 0) is 43.9 Å². The highest BCUT2D eigenvalue weighted by atomic mass is 19.4. The maximum Gasteiger partial charge on any atom is 0.416 e. The molecule has 2 fully saturated rings. The Morgan fingerprint density at radius 2 is 1.79 bits per heavy atom. The molecule has 3 amide bonds. The number of aromatic nitrogens is 2. The number of fused-ring (bicyclic) bond motifs is 1. The summed E-state index contributed by atoms with van der Waals surface area (Å²) in [4.78, 5) is 46.3. The largest absolute Gasteiger partial charge is 0.416 e. The maximum absolute atomic E-state index is 13.9. The standard InChI is InChI=1S/C30H39F3N6O3/c1-4-20(3)29(28(42)34-22-10-6-7-11-22)19-39-25(27(41)38(29)5-2)18-24(35-39)26(40)37-15-13-36(14-16-37)23-12-8-9-21(17-23)30(31,32)33/h8-9,12,17-18,20,22H,4-7,10-11,13-16,19H2,1-3H3,(H,34,42). The van der Waals surface area contributed by atoms with Gasteiger partial charge in [0.2, 0.25) is 5.91 Å². The highest BCUT2D eigenvalue weighted by Crippen LogP contribution is 2.36. The van der Waals surface area contributed by atoms with E-state index < -0.39 is 17.3 Å². The van der Waals surface area contributed by atoms with Crippen molar-refractivity contribution in [3.63, 3.8) is 0 Å². The lowest BCUT2D eigenvalue weighted by Crippen LogP contribution is -2.69. The fourth-order valence-corrected chi connectivity index (χ4v) is 6.64. The van der Waals surface area contributed by atoms with Crippen LogP contribution in [0.25, 0.3) is 0 Å². The molecule has 2 aromatic rings. The van der Waals surface area contributed by atoms with Crippen molar-refractivity contribution in [3.8, 4) is 0 Å². The van der Waals surface area contributed by atoms with E-state index in [1.807, 2.05) is 25.7 Å². The highest BCUT2D eigenvalue weighted by molar-refractivity contribution is 6.02. The second-order valence-corrected chi connectivity index (χ2v) is 11.6. The van der Waals surface area contributed by atoms with Crippen molar-refractivity contribution >= 4 is 23.4 Å². The number of hydrogen-bond donors (Lipinski definition) is 1. The lowest BCUT2D eigenvalue weighted by Gasteiger charge is -2.48. The predicted molar refractivity (Wildman–Crippen MR) is 151 cm³/mol. The Morgan fingerprint density at radius 1 is 1.10 bits per heavy atom. The van der Waals surface area contributed by atoms with Gasteiger partial charge >= 0.3 is 6.18 Å². The number of nitrogens with one attached hydrogen (secondary N) is 1. The van der Waals surface area contributed by atoms with Crippen molar-refractivity contribution < 1.29 is 27.6 Å². The number of carbonyl (C=O) groups excluding carboxylic acids is 3. The van der Waals surface area contributed by atoms with Gasteiger partial charge in [-0.1, -0.05) is 39.2 Å². The van der Waals surface area contributed by atoms with Crippen LogP contribution in [0.15, 0.2) is 30.3 Å². The van der Waals surface area contributed by atoms with Gasteiger partial charge in [-0.3, -0.25) is 19.1 Å². The number of halogens is 3. The Morgan fingerprint density at radius 3 is 2.40 bits per heavy atom. The minimum Gasteiger partial charge on any atom is -0.368 e. The van der Waals surface area contributed by atoms with E-state index in [1.165, 1.54) is 16.8 Å². The van der Waals surface area contributed by atoms with Gasteiger partial charge in [0.05, 0.1) is 12.1 Å². The van der Waals surface area contributed by atoms with Crippen LogP contribution in [0.5, 0.6) is 0 Å². The van der Waals surface area contributed by atoms with Crippen molar-refractivity contribution in [3.05, 3.63) is 47.3 Å². The number of nitrogens with zero attached hydrogens (tertiary/aromatic N) is 5. The van der Waals surface area contributed by atoms with E-state index >= 15 is 0 Å². The molecule has 3 aliphatic rings. The minimum absolute atomic E-state index is 0.0954. The smallest absolute Gasteiger partial charge is 0.368 e. The van der Waals surface area contributed by atoms with Crippen LogP contribution in [0.2, 0.25) is 0 Å². The zero-order chi connectivity index (χ0) is 30.2. The van der Waals surface area contributed by atoms with Crippen LogP contribution in [0.4, 0.5) is 18.9 Å². The number of likely N-dealkylation sites (N-methyl/N-ethyl adjacent to an activating group) is 1. The molecule has 42 heavy (non-hydrogen) atoms. The van der Waals surface area contributed by atoms with Crippen molar-refractivity contribution in [2.45, 2.75) is 77.2 Å². The number of piperazine rings is 1. The average Bonchev–Trinajstić information content (AvgIpc) is 3.66. The lowest BCUT2D eigenvalue weighted by molar-refractivity contribution is -0.139. The topological polar surface area (TPSA) is 90.8 Å². The summed E-state index contributed by atoms with van der Waals surface area (Å²) in [6.45, 7) is 7.66. The summed E-state index contributed by atoms with van der Waals surface area (Å²) < 4.78 is 41.1. The third kappa shape index (κ3) is 5.35. The zero-order valence-electron chi connectivity index (χ0n) is 24.4. The molecule has 2 aliphatic heterocycles. The van der Waals surface area contributed by atoms with E-state index in [0.717, 1.165) is 37.8 Å². The van der Waals surface area contributed by atoms with Gasteiger partial charge in [0.15, 0.2) is 5.69 Å². The normalized spacial score (nSPS) is 22.3. The third-order valence-corrected chi connectivity index (χ3v) is 9.27. The fourth-order valence-electron chi connectivity index (χ4n) is 6.64. The van der Waals surface area contributed by atoms with Gasteiger partial charge in [0, 0.05) is 50.5 Å². The van der Waals surface area contributed by atoms with Gasteiger partial charge in [0.25, 0.3) is 11.8 Å². The summed E-state index contributed by atoms with van der Waals surface area (Å²) in [7, 11) is 0. The molecule has 3 heterocycles. The molecule has 1 aromatic heterocycles. The molecule has 1 N–H and O–H groups in total. The molecule has 12 heteroatoms. The third-order valence-electron chi connectivity index (χ3n) is 9.27. The van der Waals surface area contributed by atoms with Gasteiger partial charge < -0.3 is 20.0 Å². The minimum atomic E-state index is -4.43. The van der Waals surface area contributed by atoms with Gasteiger partial charge in [0.1, 0.15) is 11.2 Å². The van der Waals surface area contributed by atoms with Crippen molar-refractivity contribution in [1.29, 1.82) is 0 Å². The fraction of sp³-hybridized carbons (Fsp3) is 0.600. The van der Waals surface area contributed by atoms with Crippen molar-refractivity contribution in [1.82, 2.24) is 24.9 Å². The molecule has 0 radical (unpaired) electrons. The van der Waals surface area contributed by atoms with Gasteiger partial charge in [-0.25, -0.2) is 0 Å². The molecule has 1 aliphatic carbocycles. The summed E-state index contributed by atoms with van der Waals surface area (Å²) in [6.07, 6.45) is 0.245. The van der Waals surface area contributed by atoms with Crippen LogP contribution in [0, 0.1) is 5.92 Å². The van der Waals surface area contributed by atoms with E-state index in [2.05, 4.69) is 10.4 Å². The summed E-state index contributed by atoms with van der Waals surface area (Å²) in [6, 6.07) is 6.78.